The van der Waals surface area contributed by atoms with Crippen molar-refractivity contribution in [2.24, 2.45) is 11.1 Å². The van der Waals surface area contributed by atoms with Crippen LogP contribution in [-0.2, 0) is 33.6 Å². The highest BCUT2D eigenvalue weighted by atomic mass is 32.2. The molecule has 1 saturated carbocycles. The van der Waals surface area contributed by atoms with E-state index in [1.807, 2.05) is 41.1 Å². The predicted octanol–water partition coefficient (Wildman–Crippen LogP) is 6.91. The predicted molar refractivity (Wildman–Crippen MR) is 250 cm³/mol. The van der Waals surface area contributed by atoms with Crippen LogP contribution in [0.5, 0.6) is 11.5 Å². The van der Waals surface area contributed by atoms with E-state index >= 15 is 9.59 Å². The van der Waals surface area contributed by atoms with E-state index in [-0.39, 0.29) is 42.3 Å². The maximum Gasteiger partial charge on any atom is 0.408 e. The molecule has 0 bridgehead atoms. The zero-order valence-corrected chi connectivity index (χ0v) is 40.4. The maximum atomic E-state index is 15.2. The summed E-state index contributed by atoms with van der Waals surface area (Å²) >= 11 is 0. The number of hydrogen-bond acceptors (Lipinski definition) is 12. The van der Waals surface area contributed by atoms with Crippen LogP contribution in [0.3, 0.4) is 0 Å². The number of likely N-dealkylation sites (tertiary alicyclic amines) is 1. The number of ketones is 1. The molecule has 4 N–H and O–H groups in total. The zero-order chi connectivity index (χ0) is 47.8. The third-order valence-electron chi connectivity index (χ3n) is 12.6. The molecule has 65 heavy (non-hydrogen) atoms. The monoisotopic (exact) mass is 927 g/mol. The number of carbonyl (C=O) groups excluding carboxylic acids is 4. The van der Waals surface area contributed by atoms with E-state index in [0.717, 1.165) is 5.56 Å². The first kappa shape index (κ1) is 48.8. The summed E-state index contributed by atoms with van der Waals surface area (Å²) in [6.07, 6.45) is -0.694. The molecule has 0 radical (unpaired) electrons. The van der Waals surface area contributed by atoms with Gasteiger partial charge in [-0.25, -0.2) is 22.9 Å². The Kier molecular flexibility index (Phi) is 13.8. The third kappa shape index (κ3) is 10.4. The third-order valence-corrected chi connectivity index (χ3v) is 18.4. The van der Waals surface area contributed by atoms with Crippen LogP contribution in [0.15, 0.2) is 102 Å². The Hall–Kier alpha value is -5.62. The van der Waals surface area contributed by atoms with E-state index in [0.29, 0.717) is 28.1 Å². The van der Waals surface area contributed by atoms with Crippen LogP contribution >= 0.6 is 0 Å². The van der Waals surface area contributed by atoms with Crippen molar-refractivity contribution < 1.29 is 46.2 Å². The molecule has 348 valence electrons. The second kappa shape index (κ2) is 18.3. The number of carbonyl (C=O) groups is 4. The molecule has 4 aromatic rings. The molecule has 17 heteroatoms. The molecule has 1 aliphatic heterocycles. The van der Waals surface area contributed by atoms with Gasteiger partial charge in [0.1, 0.15) is 34.8 Å². The maximum absolute atomic E-state index is 15.2. The minimum absolute atomic E-state index is 0.0396. The van der Waals surface area contributed by atoms with Crippen molar-refractivity contribution in [3.8, 4) is 22.8 Å². The average molecular weight is 928 g/mol. The molecule has 0 unspecified atom stereocenters. The molecule has 2 heterocycles. The number of pyridine rings is 1. The highest BCUT2D eigenvalue weighted by Gasteiger charge is 2.74. The van der Waals surface area contributed by atoms with Crippen LogP contribution in [-0.4, -0.2) is 99.9 Å². The highest BCUT2D eigenvalue weighted by Crippen LogP contribution is 2.58. The number of Topliss-reactive ketones (excluding diaryl/α,β-unsaturated/α-hetero) is 1. The van der Waals surface area contributed by atoms with Gasteiger partial charge < -0.3 is 34.6 Å². The average Bonchev–Trinajstić information content (AvgIpc) is 3.68. The van der Waals surface area contributed by atoms with Gasteiger partial charge in [0.2, 0.25) is 5.91 Å². The molecule has 0 spiro atoms. The van der Waals surface area contributed by atoms with Crippen LogP contribution in [0.4, 0.5) is 4.79 Å². The molecular formula is C48H61N5O10SSi. The molecule has 3 amide bonds. The van der Waals surface area contributed by atoms with Crippen molar-refractivity contribution in [2.75, 3.05) is 20.3 Å². The van der Waals surface area contributed by atoms with Crippen LogP contribution in [0, 0.1) is 5.41 Å². The first-order valence-corrected chi connectivity index (χ1v) is 26.0. The quantitative estimate of drug-likeness (QED) is 0.0775. The molecule has 1 aromatic heterocycles. The van der Waals surface area contributed by atoms with Crippen molar-refractivity contribution in [1.82, 2.24) is 19.9 Å². The first-order valence-electron chi connectivity index (χ1n) is 21.6. The van der Waals surface area contributed by atoms with Crippen LogP contribution in [0.25, 0.3) is 22.2 Å². The summed E-state index contributed by atoms with van der Waals surface area (Å²) in [5.74, 6) is -1.35. The lowest BCUT2D eigenvalue weighted by Crippen LogP contribution is -2.56. The fraction of sp³-hybridized carbons (Fsp3) is 0.438. The number of alkyl carbamates (subject to hydrolysis) is 1. The van der Waals surface area contributed by atoms with E-state index in [1.54, 1.807) is 52.1 Å². The minimum Gasteiger partial charge on any atom is -0.497 e. The largest absolute Gasteiger partial charge is 0.497 e. The molecule has 2 aliphatic rings. The van der Waals surface area contributed by atoms with Crippen LogP contribution in [0.1, 0.15) is 60.8 Å². The van der Waals surface area contributed by atoms with Gasteiger partial charge in [0.15, 0.2) is 14.1 Å². The van der Waals surface area contributed by atoms with Crippen molar-refractivity contribution in [3.63, 3.8) is 0 Å². The van der Waals surface area contributed by atoms with Gasteiger partial charge in [0.25, 0.3) is 15.9 Å². The van der Waals surface area contributed by atoms with Crippen LogP contribution < -0.4 is 25.2 Å². The first-order chi connectivity index (χ1) is 30.3. The molecule has 5 atom stereocenters. The fourth-order valence-corrected chi connectivity index (χ4v) is 9.90. The number of ether oxygens (including phenoxy) is 3. The highest BCUT2D eigenvalue weighted by molar-refractivity contribution is 7.90. The molecule has 1 aliphatic carbocycles. The van der Waals surface area contributed by atoms with Crippen molar-refractivity contribution in [3.05, 3.63) is 97.6 Å². The van der Waals surface area contributed by atoms with Gasteiger partial charge >= 0.3 is 6.09 Å². The summed E-state index contributed by atoms with van der Waals surface area (Å²) < 4.78 is 52.9. The fourth-order valence-electron chi connectivity index (χ4n) is 7.78. The lowest BCUT2D eigenvalue weighted by molar-refractivity contribution is -0.141. The van der Waals surface area contributed by atoms with Gasteiger partial charge in [0, 0.05) is 36.1 Å². The lowest BCUT2D eigenvalue weighted by Gasteiger charge is -2.37. The topological polar surface area (TPSA) is 206 Å². The van der Waals surface area contributed by atoms with Crippen molar-refractivity contribution in [2.45, 2.75) is 113 Å². The van der Waals surface area contributed by atoms with Crippen LogP contribution in [0.2, 0.25) is 18.1 Å². The van der Waals surface area contributed by atoms with Gasteiger partial charge in [-0.15, -0.1) is 6.58 Å². The minimum atomic E-state index is -4.37. The molecule has 2 fully saturated rings. The SMILES string of the molecule is C=C[C@@]1(C(=O)[C@@H]2C[C@@H](Oc3cc(-c4ccccc4)nc4cc(OC)ccc34)CN2C(=O)[C@H](CCO[Si](C)(C)C(C)(C)C)NC(=O)OC(C)(C)C)C[C@]1(N)C(=O)NS(=O)(=O)c1ccccc1. The Morgan fingerprint density at radius 1 is 0.985 bits per heavy atom. The van der Waals surface area contributed by atoms with E-state index in [9.17, 15) is 18.0 Å². The number of nitrogens with zero attached hydrogens (tertiary/aromatic N) is 2. The Morgan fingerprint density at radius 3 is 2.23 bits per heavy atom. The Balaban J connectivity index is 1.38. The summed E-state index contributed by atoms with van der Waals surface area (Å²) in [7, 11) is -5.12. The Bertz CT molecular complexity index is 2560. The number of hydrogen-bond donors (Lipinski definition) is 3. The van der Waals surface area contributed by atoms with Gasteiger partial charge in [0.05, 0.1) is 41.2 Å². The molecule has 15 nitrogen and oxygen atoms in total. The zero-order valence-electron chi connectivity index (χ0n) is 38.6. The second-order valence-corrected chi connectivity index (χ2v) is 25.8. The Morgan fingerprint density at radius 2 is 1.63 bits per heavy atom. The van der Waals surface area contributed by atoms with Gasteiger partial charge in [-0.2, -0.15) is 0 Å². The molecule has 1 saturated heterocycles. The van der Waals surface area contributed by atoms with E-state index in [2.05, 4.69) is 45.8 Å². The van der Waals surface area contributed by atoms with E-state index in [4.69, 9.17) is 29.4 Å². The smallest absolute Gasteiger partial charge is 0.408 e. The number of rotatable bonds is 16. The molecule has 3 aromatic carbocycles. The van der Waals surface area contributed by atoms with Gasteiger partial charge in [-0.3, -0.25) is 14.4 Å². The number of methoxy groups -OCH3 is 1. The Labute approximate surface area is 382 Å². The standard InChI is InChI=1S/C48H61N5O10SSi/c1-11-47(30-48(47,49)43(56)52-64(58,59)34-20-16-13-17-21-34)41(54)39-27-33(62-40-28-37(31-18-14-12-15-19-31)50-38-26-32(60-8)22-23-35(38)40)29-53(39)42(55)36(51-44(57)63-45(2,3)4)24-25-61-65(9,10)46(5,6)7/h11-23,26,28,33,36,39H,1,24-25,27,29-30,49H2,2-10H3,(H,51,57)(H,52,56)/t33-,36+,39+,47+,48+/m1/s1. The molecular weight excluding hydrogens is 867 g/mol. The van der Waals surface area contributed by atoms with Crippen molar-refractivity contribution in [1.29, 1.82) is 0 Å². The number of nitrogens with one attached hydrogen (secondary N) is 2. The normalized spacial score (nSPS) is 21.5. The summed E-state index contributed by atoms with van der Waals surface area (Å²) in [5.41, 5.74) is 4.00. The number of aromatic nitrogens is 1. The second-order valence-electron chi connectivity index (χ2n) is 19.3. The number of sulfonamides is 1. The summed E-state index contributed by atoms with van der Waals surface area (Å²) in [6, 6.07) is 21.5. The van der Waals surface area contributed by atoms with E-state index < -0.39 is 76.8 Å². The number of fused-ring (bicyclic) bond motifs is 1. The number of nitrogens with two attached hydrogens (primary N) is 1. The number of benzene rings is 3. The van der Waals surface area contributed by atoms with Gasteiger partial charge in [-0.1, -0.05) is 75.4 Å². The van der Waals surface area contributed by atoms with Gasteiger partial charge in [-0.05, 0) is 76.0 Å². The molecule has 6 rings (SSSR count). The van der Waals surface area contributed by atoms with Crippen molar-refractivity contribution >= 4 is 52.9 Å². The summed E-state index contributed by atoms with van der Waals surface area (Å²) in [5, 5.41) is 3.24. The lowest BCUT2D eigenvalue weighted by atomic mass is 9.88. The summed E-state index contributed by atoms with van der Waals surface area (Å²) in [4.78, 5) is 63.5. The van der Waals surface area contributed by atoms with E-state index in [1.165, 1.54) is 35.2 Å². The number of amides is 3. The summed E-state index contributed by atoms with van der Waals surface area (Å²) in [6.45, 7) is 19.4.